The fraction of sp³-hybridized carbons (Fsp3) is 0.400. The summed E-state index contributed by atoms with van der Waals surface area (Å²) >= 11 is 1.55. The first-order valence-electron chi connectivity index (χ1n) is 7.28. The quantitative estimate of drug-likeness (QED) is 0.764. The Morgan fingerprint density at radius 2 is 2.32 bits per heavy atom. The Morgan fingerprint density at radius 3 is 3.00 bits per heavy atom. The Balaban J connectivity index is 1.81. The molecule has 1 fully saturated rings. The van der Waals surface area contributed by atoms with Gasteiger partial charge >= 0.3 is 0 Å². The second-order valence-corrected chi connectivity index (χ2v) is 6.43. The van der Waals surface area contributed by atoms with Crippen molar-refractivity contribution in [2.75, 3.05) is 26.2 Å². The number of hydrogen-bond donors (Lipinski definition) is 2. The van der Waals surface area contributed by atoms with Gasteiger partial charge in [-0.1, -0.05) is 0 Å². The second-order valence-electron chi connectivity index (χ2n) is 5.56. The van der Waals surface area contributed by atoms with E-state index in [4.69, 9.17) is 0 Å². The molecule has 0 radical (unpaired) electrons. The van der Waals surface area contributed by atoms with E-state index in [2.05, 4.69) is 10.3 Å². The van der Waals surface area contributed by atoms with Gasteiger partial charge in [-0.25, -0.2) is 4.98 Å². The molecule has 1 saturated heterocycles. The molecule has 0 spiro atoms. The second kappa shape index (κ2) is 6.02. The van der Waals surface area contributed by atoms with E-state index < -0.39 is 0 Å². The molecule has 0 aromatic carbocycles. The van der Waals surface area contributed by atoms with Gasteiger partial charge in [0.15, 0.2) is 11.7 Å². The minimum Gasteiger partial charge on any atom is -0.346 e. The molecule has 0 bridgehead atoms. The summed E-state index contributed by atoms with van der Waals surface area (Å²) in [5.41, 5.74) is 2.65. The van der Waals surface area contributed by atoms with Crippen LogP contribution in [0.4, 0.5) is 0 Å². The number of carbonyl (C=O) groups excluding carboxylic acids is 2. The van der Waals surface area contributed by atoms with Crippen molar-refractivity contribution in [3.8, 4) is 5.13 Å². The molecular weight excluding hydrogens is 300 g/mol. The number of amides is 1. The van der Waals surface area contributed by atoms with E-state index in [9.17, 15) is 9.59 Å². The molecule has 2 aromatic heterocycles. The van der Waals surface area contributed by atoms with E-state index in [1.54, 1.807) is 17.5 Å². The molecule has 0 aliphatic carbocycles. The third kappa shape index (κ3) is 2.82. The molecule has 1 aliphatic rings. The number of rotatable bonds is 4. The van der Waals surface area contributed by atoms with E-state index in [0.717, 1.165) is 33.5 Å². The molecule has 1 aliphatic heterocycles. The van der Waals surface area contributed by atoms with Crippen LogP contribution in [0.1, 0.15) is 21.7 Å². The van der Waals surface area contributed by atoms with E-state index in [0.29, 0.717) is 19.6 Å². The highest BCUT2D eigenvalue weighted by atomic mass is 32.1. The zero-order valence-corrected chi connectivity index (χ0v) is 13.5. The molecule has 1 atom stereocenters. The molecule has 2 aromatic rings. The summed E-state index contributed by atoms with van der Waals surface area (Å²) in [6.07, 6.45) is 1.76. The predicted molar refractivity (Wildman–Crippen MR) is 83.8 cm³/mol. The summed E-state index contributed by atoms with van der Waals surface area (Å²) in [6.45, 7) is 6.08. The third-order valence-corrected chi connectivity index (χ3v) is 4.72. The van der Waals surface area contributed by atoms with E-state index in [1.807, 2.05) is 29.9 Å². The Bertz CT molecular complexity index is 705. The largest absolute Gasteiger partial charge is 0.346 e. The van der Waals surface area contributed by atoms with Gasteiger partial charge in [-0.15, -0.1) is 11.3 Å². The zero-order valence-electron chi connectivity index (χ0n) is 12.7. The number of aryl methyl sites for hydroxylation is 1. The summed E-state index contributed by atoms with van der Waals surface area (Å²) < 4.78 is 2.01. The Labute approximate surface area is 132 Å². The molecule has 22 heavy (non-hydrogen) atoms. The highest BCUT2D eigenvalue weighted by Crippen LogP contribution is 2.22. The number of quaternary nitrogens is 1. The van der Waals surface area contributed by atoms with Crippen molar-refractivity contribution in [3.63, 3.8) is 0 Å². The van der Waals surface area contributed by atoms with E-state index in [1.165, 1.54) is 0 Å². The van der Waals surface area contributed by atoms with Gasteiger partial charge < -0.3 is 10.2 Å². The van der Waals surface area contributed by atoms with Crippen molar-refractivity contribution < 1.29 is 14.5 Å². The first-order valence-corrected chi connectivity index (χ1v) is 8.16. The number of Topliss-reactive ketones (excluding diaryl/α,β-unsaturated/α-hetero) is 1. The van der Waals surface area contributed by atoms with Crippen molar-refractivity contribution in [2.45, 2.75) is 13.8 Å². The number of thiazole rings is 1. The van der Waals surface area contributed by atoms with Crippen molar-refractivity contribution in [1.82, 2.24) is 14.9 Å². The minimum atomic E-state index is 0.0160. The van der Waals surface area contributed by atoms with Crippen molar-refractivity contribution >= 4 is 23.0 Å². The van der Waals surface area contributed by atoms with Crippen LogP contribution in [0.25, 0.3) is 5.13 Å². The van der Waals surface area contributed by atoms with Gasteiger partial charge in [0.2, 0.25) is 5.78 Å². The smallest absolute Gasteiger partial charge is 0.275 e. The van der Waals surface area contributed by atoms with Crippen molar-refractivity contribution in [3.05, 3.63) is 34.6 Å². The highest BCUT2D eigenvalue weighted by molar-refractivity contribution is 7.12. The van der Waals surface area contributed by atoms with Crippen molar-refractivity contribution in [2.24, 2.45) is 0 Å². The first-order chi connectivity index (χ1) is 10.6. The average Bonchev–Trinajstić information content (AvgIpc) is 3.07. The number of ketones is 1. The van der Waals surface area contributed by atoms with Gasteiger partial charge in [0.1, 0.15) is 6.54 Å². The SMILES string of the molecule is Cc1cc(C(=O)C[NH+]2CCNC(=O)C2)c(C)n1-c1nccs1. The maximum atomic E-state index is 12.6. The predicted octanol–water partition coefficient (Wildman–Crippen LogP) is -0.252. The maximum absolute atomic E-state index is 12.6. The van der Waals surface area contributed by atoms with Crippen molar-refractivity contribution in [1.29, 1.82) is 0 Å². The van der Waals surface area contributed by atoms with Crippen LogP contribution >= 0.6 is 11.3 Å². The van der Waals surface area contributed by atoms with Gasteiger partial charge in [-0.05, 0) is 19.9 Å². The molecule has 7 heteroatoms. The Kier molecular flexibility index (Phi) is 4.08. The lowest BCUT2D eigenvalue weighted by Crippen LogP contribution is -3.16. The van der Waals surface area contributed by atoms with Crippen LogP contribution in [0, 0.1) is 13.8 Å². The molecule has 2 N–H and O–H groups in total. The van der Waals surface area contributed by atoms with Crippen LogP contribution < -0.4 is 10.2 Å². The van der Waals surface area contributed by atoms with Crippen LogP contribution in [0.2, 0.25) is 0 Å². The van der Waals surface area contributed by atoms with Crippen LogP contribution in [0.5, 0.6) is 0 Å². The van der Waals surface area contributed by atoms with Crippen LogP contribution in [0.15, 0.2) is 17.6 Å². The van der Waals surface area contributed by atoms with Crippen LogP contribution in [0.3, 0.4) is 0 Å². The lowest BCUT2D eigenvalue weighted by atomic mass is 10.1. The van der Waals surface area contributed by atoms with Gasteiger partial charge in [0.05, 0.1) is 13.1 Å². The monoisotopic (exact) mass is 319 g/mol. The van der Waals surface area contributed by atoms with Gasteiger partial charge in [-0.3, -0.25) is 14.2 Å². The molecule has 3 rings (SSSR count). The molecule has 0 saturated carbocycles. The maximum Gasteiger partial charge on any atom is 0.275 e. The van der Waals surface area contributed by atoms with Gasteiger partial charge in [0, 0.05) is 28.5 Å². The third-order valence-electron chi connectivity index (χ3n) is 3.96. The summed E-state index contributed by atoms with van der Waals surface area (Å²) in [6, 6.07) is 1.92. The summed E-state index contributed by atoms with van der Waals surface area (Å²) in [5, 5.41) is 5.58. The molecule has 1 unspecified atom stereocenters. The number of nitrogens with zero attached hydrogens (tertiary/aromatic N) is 2. The lowest BCUT2D eigenvalue weighted by Gasteiger charge is -2.22. The minimum absolute atomic E-state index is 0.0160. The number of hydrogen-bond acceptors (Lipinski definition) is 4. The van der Waals surface area contributed by atoms with Crippen LogP contribution in [-0.4, -0.2) is 47.4 Å². The summed E-state index contributed by atoms with van der Waals surface area (Å²) in [4.78, 5) is 29.4. The first kappa shape index (κ1) is 14.9. The number of nitrogens with one attached hydrogen (secondary N) is 2. The fourth-order valence-corrected chi connectivity index (χ4v) is 3.65. The number of piperazine rings is 1. The molecule has 6 nitrogen and oxygen atoms in total. The zero-order chi connectivity index (χ0) is 15.7. The molecular formula is C15H19N4O2S+. The fourth-order valence-electron chi connectivity index (χ4n) is 2.90. The van der Waals surface area contributed by atoms with Gasteiger partial charge in [-0.2, -0.15) is 0 Å². The average molecular weight is 319 g/mol. The molecule has 1 amide bonds. The summed E-state index contributed by atoms with van der Waals surface area (Å²) in [5.74, 6) is 0.0999. The number of carbonyl (C=O) groups is 2. The Hall–Kier alpha value is -1.99. The Morgan fingerprint density at radius 1 is 1.50 bits per heavy atom. The molecule has 3 heterocycles. The standard InChI is InChI=1S/C15H18N4O2S/c1-10-7-12(11(2)19(10)15-17-4-6-22-15)13(20)8-18-5-3-16-14(21)9-18/h4,6-7H,3,5,8-9H2,1-2H3,(H,16,21)/p+1. The van der Waals surface area contributed by atoms with E-state index in [-0.39, 0.29) is 11.7 Å². The number of aromatic nitrogens is 2. The van der Waals surface area contributed by atoms with Gasteiger partial charge in [0.25, 0.3) is 5.91 Å². The highest BCUT2D eigenvalue weighted by Gasteiger charge is 2.25. The van der Waals surface area contributed by atoms with Crippen LogP contribution in [-0.2, 0) is 4.79 Å². The van der Waals surface area contributed by atoms with E-state index >= 15 is 0 Å². The topological polar surface area (TPSA) is 68.4 Å². The normalized spacial score (nSPS) is 18.3. The molecule has 116 valence electrons. The lowest BCUT2D eigenvalue weighted by molar-refractivity contribution is -0.884. The summed E-state index contributed by atoms with van der Waals surface area (Å²) in [7, 11) is 0.